The summed E-state index contributed by atoms with van der Waals surface area (Å²) >= 11 is 0. The molecule has 1 heterocycles. The lowest BCUT2D eigenvalue weighted by atomic mass is 9.92. The minimum absolute atomic E-state index is 0.0254. The Balaban J connectivity index is 1.62. The van der Waals surface area contributed by atoms with E-state index in [1.165, 1.54) is 0 Å². The number of nitrogens with zero attached hydrogens (tertiary/aromatic N) is 1. The zero-order valence-corrected chi connectivity index (χ0v) is 21.8. The van der Waals surface area contributed by atoms with Crippen LogP contribution in [0.1, 0.15) is 70.5 Å². The minimum Gasteiger partial charge on any atom is -0.438 e. The summed E-state index contributed by atoms with van der Waals surface area (Å²) in [7, 11) is 0. The van der Waals surface area contributed by atoms with Crippen molar-refractivity contribution in [1.29, 1.82) is 0 Å². The Hall–Kier alpha value is -3.19. The number of Topliss-reactive ketones (excluding diaryl/α,β-unsaturated/α-hetero) is 1. The van der Waals surface area contributed by atoms with E-state index in [9.17, 15) is 14.4 Å². The van der Waals surface area contributed by atoms with Gasteiger partial charge in [0, 0.05) is 13.1 Å². The van der Waals surface area contributed by atoms with Crippen LogP contribution in [0.25, 0.3) is 0 Å². The highest BCUT2D eigenvalue weighted by Gasteiger charge is 2.39. The second-order valence-corrected chi connectivity index (χ2v) is 10.4. The Morgan fingerprint density at radius 2 is 1.69 bits per heavy atom. The predicted octanol–water partition coefficient (Wildman–Crippen LogP) is 4.98. The van der Waals surface area contributed by atoms with Crippen LogP contribution in [0.5, 0.6) is 0 Å². The van der Waals surface area contributed by atoms with Crippen molar-refractivity contribution in [2.45, 2.75) is 78.2 Å². The van der Waals surface area contributed by atoms with Crippen molar-refractivity contribution in [3.05, 3.63) is 71.8 Å². The van der Waals surface area contributed by atoms with Gasteiger partial charge in [-0.25, -0.2) is 4.79 Å². The summed E-state index contributed by atoms with van der Waals surface area (Å²) in [5.74, 6) is -1.47. The first-order valence-electron chi connectivity index (χ1n) is 12.8. The van der Waals surface area contributed by atoms with Crippen molar-refractivity contribution in [1.82, 2.24) is 15.5 Å². The van der Waals surface area contributed by atoms with Crippen LogP contribution in [0, 0.1) is 5.41 Å². The van der Waals surface area contributed by atoms with Gasteiger partial charge in [-0.2, -0.15) is 0 Å². The summed E-state index contributed by atoms with van der Waals surface area (Å²) < 4.78 is 5.56. The Morgan fingerprint density at radius 3 is 2.33 bits per heavy atom. The molecule has 1 saturated heterocycles. The maximum absolute atomic E-state index is 13.0. The van der Waals surface area contributed by atoms with Gasteiger partial charge in [-0.3, -0.25) is 14.5 Å². The number of ketones is 1. The Labute approximate surface area is 214 Å². The van der Waals surface area contributed by atoms with Crippen LogP contribution in [0.4, 0.5) is 4.79 Å². The number of benzene rings is 2. The molecule has 2 amide bonds. The van der Waals surface area contributed by atoms with Gasteiger partial charge in [0.05, 0.1) is 12.2 Å². The molecule has 194 valence electrons. The fourth-order valence-corrected chi connectivity index (χ4v) is 4.67. The molecular weight excluding hydrogens is 454 g/mol. The molecule has 3 atom stereocenters. The van der Waals surface area contributed by atoms with Gasteiger partial charge in [0.2, 0.25) is 0 Å². The number of unbranched alkanes of at least 4 members (excludes halogenated alkanes) is 1. The van der Waals surface area contributed by atoms with Crippen molar-refractivity contribution in [3.63, 3.8) is 0 Å². The highest BCUT2D eigenvalue weighted by Crippen LogP contribution is 2.33. The maximum Gasteiger partial charge on any atom is 0.409 e. The molecule has 2 unspecified atom stereocenters. The van der Waals surface area contributed by atoms with Crippen LogP contribution in [0.15, 0.2) is 60.7 Å². The van der Waals surface area contributed by atoms with Gasteiger partial charge in [-0.05, 0) is 42.7 Å². The number of hydrogen-bond acceptors (Lipinski definition) is 5. The van der Waals surface area contributed by atoms with Crippen LogP contribution in [-0.4, -0.2) is 41.5 Å². The number of rotatable bonds is 11. The zero-order chi connectivity index (χ0) is 26.1. The third-order valence-corrected chi connectivity index (χ3v) is 6.56. The topological polar surface area (TPSA) is 87.7 Å². The summed E-state index contributed by atoms with van der Waals surface area (Å²) in [5.41, 5.74) is 2.08. The van der Waals surface area contributed by atoms with E-state index in [1.54, 1.807) is 0 Å². The van der Waals surface area contributed by atoms with Crippen LogP contribution < -0.4 is 10.6 Å². The van der Waals surface area contributed by atoms with E-state index >= 15 is 0 Å². The first-order chi connectivity index (χ1) is 17.2. The van der Waals surface area contributed by atoms with Gasteiger partial charge in [-0.15, -0.1) is 0 Å². The molecule has 0 bridgehead atoms. The average molecular weight is 494 g/mol. The summed E-state index contributed by atoms with van der Waals surface area (Å²) in [6, 6.07) is 19.2. The number of alkyl carbamates (subject to hydrolysis) is 1. The van der Waals surface area contributed by atoms with Crippen molar-refractivity contribution in [3.8, 4) is 0 Å². The number of hydrogen-bond donors (Lipinski definition) is 2. The summed E-state index contributed by atoms with van der Waals surface area (Å²) in [6.07, 6.45) is 0.540. The minimum atomic E-state index is -1.12. The molecule has 7 nitrogen and oxygen atoms in total. The largest absolute Gasteiger partial charge is 0.438 e. The van der Waals surface area contributed by atoms with Gasteiger partial charge in [0.25, 0.3) is 11.7 Å². The lowest BCUT2D eigenvalue weighted by Crippen LogP contribution is -2.47. The first kappa shape index (κ1) is 27.4. The number of amides is 2. The van der Waals surface area contributed by atoms with E-state index in [2.05, 4.69) is 41.5 Å². The van der Waals surface area contributed by atoms with E-state index < -0.39 is 23.9 Å². The molecule has 0 saturated carbocycles. The summed E-state index contributed by atoms with van der Waals surface area (Å²) in [5, 5.41) is 5.69. The summed E-state index contributed by atoms with van der Waals surface area (Å²) in [4.78, 5) is 40.8. The highest BCUT2D eigenvalue weighted by molar-refractivity contribution is 6.38. The normalized spacial score (nSPS) is 18.7. The maximum atomic E-state index is 13.0. The number of carbonyl (C=O) groups excluding carboxylic acids is 3. The fraction of sp³-hybridized carbons (Fsp3) is 0.483. The van der Waals surface area contributed by atoms with Gasteiger partial charge in [-0.1, -0.05) is 87.9 Å². The molecule has 1 fully saturated rings. The lowest BCUT2D eigenvalue weighted by molar-refractivity contribution is -0.143. The van der Waals surface area contributed by atoms with Crippen LogP contribution in [0.3, 0.4) is 0 Å². The fourth-order valence-electron chi connectivity index (χ4n) is 4.67. The molecule has 1 aliphatic heterocycles. The van der Waals surface area contributed by atoms with Crippen molar-refractivity contribution in [2.75, 3.05) is 6.54 Å². The first-order valence-corrected chi connectivity index (χ1v) is 12.8. The van der Waals surface area contributed by atoms with E-state index in [0.29, 0.717) is 19.4 Å². The van der Waals surface area contributed by atoms with Gasteiger partial charge in [0.15, 0.2) is 6.10 Å². The van der Waals surface area contributed by atoms with E-state index in [4.69, 9.17) is 4.74 Å². The molecule has 2 aromatic rings. The number of carbonyl (C=O) groups is 3. The Bertz CT molecular complexity index is 1010. The smallest absolute Gasteiger partial charge is 0.409 e. The average Bonchev–Trinajstić information content (AvgIpc) is 3.14. The van der Waals surface area contributed by atoms with E-state index in [0.717, 1.165) is 30.5 Å². The molecule has 3 rings (SSSR count). The number of ether oxygens (including phenoxy) is 1. The molecule has 0 radical (unpaired) electrons. The molecule has 0 aliphatic carbocycles. The molecular formula is C29H39N3O4. The third kappa shape index (κ3) is 7.92. The molecule has 36 heavy (non-hydrogen) atoms. The number of likely N-dealkylation sites (tertiary alicyclic amines) is 1. The van der Waals surface area contributed by atoms with E-state index in [-0.39, 0.29) is 17.6 Å². The standard InChI is InChI=1S/C29H39N3O4/c1-5-6-17-24(26(33)27(34)30-21(2)23-15-11-8-12-16-23)36-28(35)31-25-18-29(3,4)20-32(25)19-22-13-9-7-10-14-22/h7-16,21,24-25H,5-6,17-20H2,1-4H3,(H,30,34)(H,31,35)/t21-,24?,25?/m1/s1. The monoisotopic (exact) mass is 493 g/mol. The second kappa shape index (κ2) is 12.7. The van der Waals surface area contributed by atoms with E-state index in [1.807, 2.05) is 62.4 Å². The van der Waals surface area contributed by atoms with Gasteiger partial charge >= 0.3 is 6.09 Å². The van der Waals surface area contributed by atoms with Crippen LogP contribution in [-0.2, 0) is 20.9 Å². The Morgan fingerprint density at radius 1 is 1.06 bits per heavy atom. The lowest BCUT2D eigenvalue weighted by Gasteiger charge is -2.26. The highest BCUT2D eigenvalue weighted by atomic mass is 16.6. The number of nitrogens with one attached hydrogen (secondary N) is 2. The summed E-state index contributed by atoms with van der Waals surface area (Å²) in [6.45, 7) is 9.67. The zero-order valence-electron chi connectivity index (χ0n) is 21.8. The van der Waals surface area contributed by atoms with Gasteiger partial charge < -0.3 is 15.4 Å². The third-order valence-electron chi connectivity index (χ3n) is 6.56. The SMILES string of the molecule is CCCCC(OC(=O)NC1CC(C)(C)CN1Cc1ccccc1)C(=O)C(=O)N[C@H](C)c1ccccc1. The quantitative estimate of drug-likeness (QED) is 0.431. The molecule has 2 N–H and O–H groups in total. The predicted molar refractivity (Wildman–Crippen MR) is 140 cm³/mol. The second-order valence-electron chi connectivity index (χ2n) is 10.4. The van der Waals surface area contributed by atoms with Crippen LogP contribution >= 0.6 is 0 Å². The molecule has 1 aliphatic rings. The molecule has 0 aromatic heterocycles. The molecule has 2 aromatic carbocycles. The van der Waals surface area contributed by atoms with Crippen molar-refractivity contribution >= 4 is 17.8 Å². The van der Waals surface area contributed by atoms with Crippen LogP contribution in [0.2, 0.25) is 0 Å². The van der Waals surface area contributed by atoms with Crippen molar-refractivity contribution < 1.29 is 19.1 Å². The molecule has 7 heteroatoms. The van der Waals surface area contributed by atoms with Crippen molar-refractivity contribution in [2.24, 2.45) is 5.41 Å². The molecule has 0 spiro atoms. The Kier molecular flexibility index (Phi) is 9.65. The van der Waals surface area contributed by atoms with Gasteiger partial charge in [0.1, 0.15) is 0 Å².